The van der Waals surface area contributed by atoms with E-state index in [1.165, 1.54) is 23.1 Å². The van der Waals surface area contributed by atoms with Gasteiger partial charge in [0.25, 0.3) is 0 Å². The second-order valence-corrected chi connectivity index (χ2v) is 15.3. The molecule has 2 amide bonds. The molecule has 1 spiro atoms. The van der Waals surface area contributed by atoms with Crippen LogP contribution in [0.5, 0.6) is 0 Å². The lowest BCUT2D eigenvalue weighted by atomic mass is 9.62. The van der Waals surface area contributed by atoms with Crippen LogP contribution in [0, 0.1) is 5.41 Å². The summed E-state index contributed by atoms with van der Waals surface area (Å²) in [5.41, 5.74) is 2.13. The van der Waals surface area contributed by atoms with Crippen molar-refractivity contribution >= 4 is 29.8 Å². The summed E-state index contributed by atoms with van der Waals surface area (Å²) in [6, 6.07) is 21.3. The molecule has 13 nitrogen and oxygen atoms in total. The van der Waals surface area contributed by atoms with Crippen LogP contribution in [0.15, 0.2) is 84.9 Å². The van der Waals surface area contributed by atoms with Gasteiger partial charge in [-0.1, -0.05) is 78.9 Å². The molecule has 7 atom stereocenters. The number of ether oxygens (including phenoxy) is 4. The number of nitrogens with zero attached hydrogens (tertiary/aromatic N) is 2. The number of benzene rings is 3. The quantitative estimate of drug-likeness (QED) is 0.205. The number of aliphatic hydroxyl groups is 1. The highest BCUT2D eigenvalue weighted by Gasteiger charge is 2.77. The molecular formula is C42H42F3N3O10. The van der Waals surface area contributed by atoms with E-state index in [0.29, 0.717) is 24.0 Å². The van der Waals surface area contributed by atoms with E-state index in [4.69, 9.17) is 19.0 Å². The van der Waals surface area contributed by atoms with E-state index in [1.54, 1.807) is 24.3 Å². The zero-order chi connectivity index (χ0) is 40.8. The second kappa shape index (κ2) is 15.6. The monoisotopic (exact) mass is 805 g/mol. The van der Waals surface area contributed by atoms with E-state index in [1.807, 2.05) is 54.6 Å². The third kappa shape index (κ3) is 7.39. The number of nitrogens with one attached hydrogen (secondary N) is 1. The minimum atomic E-state index is -4.69. The molecule has 16 heteroatoms. The highest BCUT2D eigenvalue weighted by atomic mass is 19.4. The molecular weight excluding hydrogens is 763 g/mol. The fourth-order valence-electron chi connectivity index (χ4n) is 9.12. The number of hydrogen-bond donors (Lipinski definition) is 2. The van der Waals surface area contributed by atoms with Gasteiger partial charge in [0.2, 0.25) is 11.8 Å². The van der Waals surface area contributed by atoms with Gasteiger partial charge in [-0.2, -0.15) is 18.2 Å². The van der Waals surface area contributed by atoms with Gasteiger partial charge in [0, 0.05) is 45.4 Å². The molecule has 0 unspecified atom stereocenters. The van der Waals surface area contributed by atoms with Crippen molar-refractivity contribution in [3.05, 3.63) is 113 Å². The Kier molecular flexibility index (Phi) is 10.6. The zero-order valence-corrected chi connectivity index (χ0v) is 31.4. The highest BCUT2D eigenvalue weighted by molar-refractivity contribution is 5.96. The molecule has 3 heterocycles. The Balaban J connectivity index is 1.15. The molecule has 306 valence electrons. The number of halogens is 3. The van der Waals surface area contributed by atoms with Gasteiger partial charge < -0.3 is 34.3 Å². The molecule has 0 radical (unpaired) electrons. The number of rotatable bonds is 12. The van der Waals surface area contributed by atoms with Crippen molar-refractivity contribution in [2.75, 3.05) is 26.8 Å². The fraction of sp³-hybridized carbons (Fsp3) is 0.429. The Morgan fingerprint density at radius 1 is 1.00 bits per heavy atom. The summed E-state index contributed by atoms with van der Waals surface area (Å²) < 4.78 is 62.0. The minimum Gasteiger partial charge on any atom is -0.458 e. The Bertz CT molecular complexity index is 2070. The lowest BCUT2D eigenvalue weighted by molar-refractivity contribution is -0.218. The zero-order valence-electron chi connectivity index (χ0n) is 31.4. The highest BCUT2D eigenvalue weighted by Crippen LogP contribution is 2.59. The maximum absolute atomic E-state index is 15.4. The first-order valence-electron chi connectivity index (χ1n) is 19.1. The SMILES string of the molecule is CN(C(=O)[C@@]12C[C@H]3OC(=O)[C@@H]1N(Cc1ccccc1C=CC(=O)OCC(F)(F)F)O[C@@H]2[C@H]1OC2(Cc4ccccc4C2)O[C@H]13)[C@H](Cc1ccccc1)C(=O)NCCO. The summed E-state index contributed by atoms with van der Waals surface area (Å²) in [4.78, 5) is 63.8. The summed E-state index contributed by atoms with van der Waals surface area (Å²) >= 11 is 0. The number of amides is 2. The number of hydrogen-bond acceptors (Lipinski definition) is 11. The maximum atomic E-state index is 15.4. The molecule has 8 rings (SSSR count). The van der Waals surface area contributed by atoms with E-state index in [2.05, 4.69) is 10.1 Å². The van der Waals surface area contributed by atoms with Gasteiger partial charge in [-0.25, -0.2) is 4.79 Å². The average molecular weight is 806 g/mol. The topological polar surface area (TPSA) is 153 Å². The van der Waals surface area contributed by atoms with Gasteiger partial charge in [0.05, 0.1) is 13.2 Å². The molecule has 58 heavy (non-hydrogen) atoms. The average Bonchev–Trinajstić information content (AvgIpc) is 3.88. The second-order valence-electron chi connectivity index (χ2n) is 15.3. The molecule has 2 N–H and O–H groups in total. The molecule has 5 aliphatic rings. The number of carbonyl (C=O) groups excluding carboxylic acids is 4. The molecule has 3 aromatic carbocycles. The van der Waals surface area contributed by atoms with Crippen LogP contribution in [0.3, 0.4) is 0 Å². The molecule has 4 fully saturated rings. The van der Waals surface area contributed by atoms with Crippen molar-refractivity contribution < 1.29 is 61.2 Å². The van der Waals surface area contributed by atoms with Crippen molar-refractivity contribution in [3.8, 4) is 0 Å². The van der Waals surface area contributed by atoms with Gasteiger partial charge >= 0.3 is 18.1 Å². The van der Waals surface area contributed by atoms with Gasteiger partial charge in [-0.15, -0.1) is 0 Å². The molecule has 0 aromatic heterocycles. The van der Waals surface area contributed by atoms with E-state index in [0.717, 1.165) is 22.8 Å². The normalized spacial score (nSPS) is 27.2. The Hall–Kier alpha value is -5.13. The minimum absolute atomic E-state index is 0.00971. The Morgan fingerprint density at radius 2 is 1.67 bits per heavy atom. The van der Waals surface area contributed by atoms with Crippen LogP contribution in [0.2, 0.25) is 0 Å². The van der Waals surface area contributed by atoms with Gasteiger partial charge in [0.1, 0.15) is 35.9 Å². The van der Waals surface area contributed by atoms with Crippen molar-refractivity contribution in [2.45, 2.75) is 80.7 Å². The number of fused-ring (bicyclic) bond motifs is 5. The van der Waals surface area contributed by atoms with Crippen molar-refractivity contribution in [1.82, 2.24) is 15.3 Å². The van der Waals surface area contributed by atoms with E-state index >= 15 is 4.79 Å². The van der Waals surface area contributed by atoms with Crippen molar-refractivity contribution in [3.63, 3.8) is 0 Å². The van der Waals surface area contributed by atoms with Crippen LogP contribution in [-0.2, 0) is 68.8 Å². The Morgan fingerprint density at radius 3 is 2.38 bits per heavy atom. The number of alkyl halides is 3. The van der Waals surface area contributed by atoms with Crippen LogP contribution >= 0.6 is 0 Å². The summed E-state index contributed by atoms with van der Waals surface area (Å²) in [7, 11) is 1.51. The summed E-state index contributed by atoms with van der Waals surface area (Å²) in [6.07, 6.45) is -5.24. The summed E-state index contributed by atoms with van der Waals surface area (Å²) in [5.74, 6) is -4.11. The van der Waals surface area contributed by atoms with Crippen LogP contribution in [0.4, 0.5) is 13.2 Å². The third-order valence-corrected chi connectivity index (χ3v) is 11.6. The third-order valence-electron chi connectivity index (χ3n) is 11.6. The molecule has 2 aliphatic carbocycles. The van der Waals surface area contributed by atoms with Crippen LogP contribution in [0.1, 0.15) is 34.2 Å². The number of aliphatic hydroxyl groups excluding tert-OH is 1. The predicted octanol–water partition coefficient (Wildman–Crippen LogP) is 3.06. The van der Waals surface area contributed by atoms with E-state index in [9.17, 15) is 32.7 Å². The number of esters is 2. The fourth-order valence-corrected chi connectivity index (χ4v) is 9.12. The Labute approximate surface area is 331 Å². The molecule has 2 bridgehead atoms. The molecule has 1 saturated carbocycles. The smallest absolute Gasteiger partial charge is 0.422 e. The molecule has 3 aliphatic heterocycles. The number of hydroxylamine groups is 2. The maximum Gasteiger partial charge on any atom is 0.422 e. The first-order valence-corrected chi connectivity index (χ1v) is 19.1. The van der Waals surface area contributed by atoms with Crippen molar-refractivity contribution in [2.24, 2.45) is 5.41 Å². The van der Waals surface area contributed by atoms with Crippen LogP contribution in [0.25, 0.3) is 6.08 Å². The predicted molar refractivity (Wildman–Crippen MR) is 197 cm³/mol. The summed E-state index contributed by atoms with van der Waals surface area (Å²) in [5, 5.41) is 13.6. The lowest BCUT2D eigenvalue weighted by Crippen LogP contribution is -2.70. The first kappa shape index (κ1) is 39.7. The van der Waals surface area contributed by atoms with Gasteiger partial charge in [-0.05, 0) is 33.9 Å². The van der Waals surface area contributed by atoms with E-state index in [-0.39, 0.29) is 32.5 Å². The first-order chi connectivity index (χ1) is 27.8. The van der Waals surface area contributed by atoms with E-state index < -0.39 is 84.2 Å². The number of likely N-dealkylation sites (N-methyl/N-ethyl adjacent to an activating group) is 1. The molecule has 3 aromatic rings. The van der Waals surface area contributed by atoms with Crippen LogP contribution in [-0.4, -0.2) is 114 Å². The van der Waals surface area contributed by atoms with Crippen LogP contribution < -0.4 is 5.32 Å². The van der Waals surface area contributed by atoms with Gasteiger partial charge in [0.15, 0.2) is 18.4 Å². The van der Waals surface area contributed by atoms with Gasteiger partial charge in [-0.3, -0.25) is 19.2 Å². The lowest BCUT2D eigenvalue weighted by Gasteiger charge is -2.50. The standard InChI is InChI=1S/C42H42F3N3O10/c1-47(30(37(51)46-17-18-49)19-25-9-3-2-4-10-25)39(53)41-22-31-33-34(57-40(56-33)20-27-12-6-7-13-28(27)21-40)36(41)58-48(35(41)38(52)55-31)23-29-14-8-5-11-26(29)15-16-32(50)54-24-42(43,44)45/h2-16,30-31,33-36,49H,17-24H2,1H3,(H,46,51)/t30-,31-,33+,34+,35+,36-,41+/m1/s1. The molecule has 3 saturated heterocycles. The van der Waals surface area contributed by atoms with Crippen molar-refractivity contribution in [1.29, 1.82) is 0 Å². The summed E-state index contributed by atoms with van der Waals surface area (Å²) in [6.45, 7) is -2.23. The largest absolute Gasteiger partial charge is 0.458 e. The number of carbonyl (C=O) groups is 4.